The third kappa shape index (κ3) is 7.41. The van der Waals surface area contributed by atoms with E-state index in [-0.39, 0.29) is 44.3 Å². The number of benzene rings is 1. The molecule has 0 radical (unpaired) electrons. The number of carbonyl (C=O) groups is 2. The highest BCUT2D eigenvalue weighted by Gasteiger charge is 2.22. The smallest absolute Gasteiger partial charge is 0.310 e. The van der Waals surface area contributed by atoms with Crippen molar-refractivity contribution < 1.29 is 28.9 Å². The Bertz CT molecular complexity index is 558. The van der Waals surface area contributed by atoms with Crippen molar-refractivity contribution in [3.63, 3.8) is 0 Å². The summed E-state index contributed by atoms with van der Waals surface area (Å²) in [7, 11) is 1.32. The second-order valence-corrected chi connectivity index (χ2v) is 6.20. The molecule has 0 spiro atoms. The van der Waals surface area contributed by atoms with E-state index in [0.29, 0.717) is 17.9 Å². The average Bonchev–Trinajstić information content (AvgIpc) is 2.62. The summed E-state index contributed by atoms with van der Waals surface area (Å²) in [5, 5.41) is 8.78. The van der Waals surface area contributed by atoms with Crippen molar-refractivity contribution in [2.24, 2.45) is 5.92 Å². The molecule has 0 aliphatic rings. The molecule has 1 N–H and O–H groups in total. The summed E-state index contributed by atoms with van der Waals surface area (Å²) in [5.74, 6) is -0.341. The molecule has 0 aromatic heterocycles. The molecule has 1 rings (SSSR count). The molecule has 0 heterocycles. The number of aliphatic hydroxyl groups excluding tert-OH is 1. The quantitative estimate of drug-likeness (QED) is 0.474. The molecule has 1 aromatic rings. The minimum Gasteiger partial charge on any atom is -0.491 e. The molecule has 0 aliphatic heterocycles. The molecule has 0 saturated heterocycles. The van der Waals surface area contributed by atoms with Gasteiger partial charge >= 0.3 is 5.97 Å². The van der Waals surface area contributed by atoms with Gasteiger partial charge in [0.1, 0.15) is 5.75 Å². The van der Waals surface area contributed by atoms with Crippen LogP contribution in [0, 0.1) is 5.92 Å². The van der Waals surface area contributed by atoms with E-state index >= 15 is 0 Å². The number of nitrogens with zero attached hydrogens (tertiary/aromatic N) is 1. The molecule has 0 fully saturated rings. The molecule has 1 atom stereocenters. The van der Waals surface area contributed by atoms with Crippen LogP contribution in [0.2, 0.25) is 0 Å². The van der Waals surface area contributed by atoms with Crippen molar-refractivity contribution in [3.8, 4) is 5.75 Å². The summed E-state index contributed by atoms with van der Waals surface area (Å²) < 4.78 is 15.6. The van der Waals surface area contributed by atoms with E-state index in [1.165, 1.54) is 7.11 Å². The lowest BCUT2D eigenvalue weighted by Gasteiger charge is -2.25. The van der Waals surface area contributed by atoms with Gasteiger partial charge in [-0.15, -0.1) is 0 Å². The van der Waals surface area contributed by atoms with Crippen molar-refractivity contribution >= 4 is 11.9 Å². The molecule has 146 valence electrons. The van der Waals surface area contributed by atoms with Crippen LogP contribution in [-0.4, -0.2) is 68.0 Å². The van der Waals surface area contributed by atoms with Gasteiger partial charge in [-0.3, -0.25) is 9.59 Å². The van der Waals surface area contributed by atoms with Crippen LogP contribution in [0.5, 0.6) is 5.75 Å². The lowest BCUT2D eigenvalue weighted by atomic mass is 10.1. The highest BCUT2D eigenvalue weighted by atomic mass is 16.5. The molecular weight excluding hydrogens is 338 g/mol. The number of hydrogen-bond acceptors (Lipinski definition) is 6. The van der Waals surface area contributed by atoms with Gasteiger partial charge in [-0.2, -0.15) is 0 Å². The predicted molar refractivity (Wildman–Crippen MR) is 97.2 cm³/mol. The fourth-order valence-electron chi connectivity index (χ4n) is 2.35. The number of methoxy groups -OCH3 is 1. The first-order chi connectivity index (χ1) is 12.4. The van der Waals surface area contributed by atoms with Crippen LogP contribution in [0.1, 0.15) is 31.1 Å². The summed E-state index contributed by atoms with van der Waals surface area (Å²) in [5.41, 5.74) is 0.500. The standard InChI is InChI=1S/C19H29NO6/c1-14(2)26-17-7-5-16(6-8-17)18(22)20(9-11-25-12-10-21)13-15(3)19(23)24-4/h5-8,14-15,21H,9-13H2,1-4H3. The number of esters is 1. The molecular formula is C19H29NO6. The van der Waals surface area contributed by atoms with E-state index in [1.54, 1.807) is 36.1 Å². The molecule has 7 nitrogen and oxygen atoms in total. The third-order valence-corrected chi connectivity index (χ3v) is 3.60. The van der Waals surface area contributed by atoms with Gasteiger partial charge in [-0.05, 0) is 38.1 Å². The van der Waals surface area contributed by atoms with Crippen LogP contribution < -0.4 is 4.74 Å². The molecule has 7 heteroatoms. The van der Waals surface area contributed by atoms with Crippen molar-refractivity contribution in [2.45, 2.75) is 26.9 Å². The first-order valence-corrected chi connectivity index (χ1v) is 8.71. The molecule has 0 bridgehead atoms. The lowest BCUT2D eigenvalue weighted by Crippen LogP contribution is -2.39. The first kappa shape index (κ1) is 21.9. The van der Waals surface area contributed by atoms with Crippen molar-refractivity contribution in [1.82, 2.24) is 4.90 Å². The van der Waals surface area contributed by atoms with Crippen LogP contribution in [0.3, 0.4) is 0 Å². The largest absolute Gasteiger partial charge is 0.491 e. The Hall–Kier alpha value is -2.12. The van der Waals surface area contributed by atoms with Gasteiger partial charge < -0.3 is 24.2 Å². The monoisotopic (exact) mass is 367 g/mol. The highest BCUT2D eigenvalue weighted by molar-refractivity contribution is 5.94. The fraction of sp³-hybridized carbons (Fsp3) is 0.579. The zero-order chi connectivity index (χ0) is 19.5. The Morgan fingerprint density at radius 3 is 2.31 bits per heavy atom. The van der Waals surface area contributed by atoms with Gasteiger partial charge in [-0.25, -0.2) is 0 Å². The molecule has 0 aliphatic carbocycles. The predicted octanol–water partition coefficient (Wildman–Crippen LogP) is 1.73. The van der Waals surface area contributed by atoms with E-state index in [4.69, 9.17) is 19.3 Å². The maximum Gasteiger partial charge on any atom is 0.310 e. The Morgan fingerprint density at radius 1 is 1.12 bits per heavy atom. The van der Waals surface area contributed by atoms with Crippen LogP contribution >= 0.6 is 0 Å². The van der Waals surface area contributed by atoms with Gasteiger partial charge in [0.15, 0.2) is 0 Å². The number of ether oxygens (including phenoxy) is 3. The second kappa shape index (κ2) is 11.5. The van der Waals surface area contributed by atoms with E-state index in [9.17, 15) is 9.59 Å². The van der Waals surface area contributed by atoms with Gasteiger partial charge in [0.2, 0.25) is 0 Å². The van der Waals surface area contributed by atoms with Crippen LogP contribution in [0.25, 0.3) is 0 Å². The Labute approximate surface area is 154 Å². The van der Waals surface area contributed by atoms with Crippen LogP contribution in [-0.2, 0) is 14.3 Å². The number of aliphatic hydroxyl groups is 1. The zero-order valence-electron chi connectivity index (χ0n) is 15.9. The van der Waals surface area contributed by atoms with Crippen molar-refractivity contribution in [2.75, 3.05) is 40.0 Å². The maximum atomic E-state index is 12.8. The number of carbonyl (C=O) groups excluding carboxylic acids is 2. The zero-order valence-corrected chi connectivity index (χ0v) is 15.9. The van der Waals surface area contributed by atoms with Gasteiger partial charge in [-0.1, -0.05) is 6.92 Å². The normalized spacial score (nSPS) is 11.9. The van der Waals surface area contributed by atoms with Gasteiger partial charge in [0.25, 0.3) is 5.91 Å². The first-order valence-electron chi connectivity index (χ1n) is 8.71. The summed E-state index contributed by atoms with van der Waals surface area (Å²) in [6, 6.07) is 6.89. The van der Waals surface area contributed by atoms with E-state index in [1.807, 2.05) is 13.8 Å². The topological polar surface area (TPSA) is 85.3 Å². The maximum absolute atomic E-state index is 12.8. The second-order valence-electron chi connectivity index (χ2n) is 6.20. The third-order valence-electron chi connectivity index (χ3n) is 3.60. The number of rotatable bonds is 11. The van der Waals surface area contributed by atoms with Crippen LogP contribution in [0.15, 0.2) is 24.3 Å². The lowest BCUT2D eigenvalue weighted by molar-refractivity contribution is -0.145. The molecule has 1 unspecified atom stereocenters. The van der Waals surface area contributed by atoms with Crippen LogP contribution in [0.4, 0.5) is 0 Å². The fourth-order valence-corrected chi connectivity index (χ4v) is 2.35. The average molecular weight is 367 g/mol. The Kier molecular flexibility index (Phi) is 9.69. The summed E-state index contributed by atoms with van der Waals surface area (Å²) in [6.45, 7) is 6.50. The number of amides is 1. The van der Waals surface area contributed by atoms with E-state index in [0.717, 1.165) is 0 Å². The van der Waals surface area contributed by atoms with Crippen molar-refractivity contribution in [3.05, 3.63) is 29.8 Å². The van der Waals surface area contributed by atoms with E-state index < -0.39 is 5.92 Å². The molecule has 1 aromatic carbocycles. The van der Waals surface area contributed by atoms with Gasteiger partial charge in [0.05, 0.1) is 39.0 Å². The SMILES string of the molecule is COC(=O)C(C)CN(CCOCCO)C(=O)c1ccc(OC(C)C)cc1. The highest BCUT2D eigenvalue weighted by Crippen LogP contribution is 2.16. The summed E-state index contributed by atoms with van der Waals surface area (Å²) in [4.78, 5) is 26.1. The molecule has 1 amide bonds. The molecule has 26 heavy (non-hydrogen) atoms. The summed E-state index contributed by atoms with van der Waals surface area (Å²) >= 11 is 0. The minimum absolute atomic E-state index is 0.0534. The van der Waals surface area contributed by atoms with Gasteiger partial charge in [0, 0.05) is 18.7 Å². The minimum atomic E-state index is -0.453. The van der Waals surface area contributed by atoms with Crippen molar-refractivity contribution in [1.29, 1.82) is 0 Å². The molecule has 0 saturated carbocycles. The Morgan fingerprint density at radius 2 is 1.77 bits per heavy atom. The Balaban J connectivity index is 2.82. The summed E-state index contributed by atoms with van der Waals surface area (Å²) in [6.07, 6.45) is 0.0534. The number of hydrogen-bond donors (Lipinski definition) is 1. The van der Waals surface area contributed by atoms with E-state index in [2.05, 4.69) is 0 Å².